The van der Waals surface area contributed by atoms with Crippen molar-refractivity contribution in [2.45, 2.75) is 63.8 Å². The Morgan fingerprint density at radius 1 is 0.386 bits per heavy atom. The molecule has 0 aliphatic carbocycles. The Balaban J connectivity index is 0.000000126. The summed E-state index contributed by atoms with van der Waals surface area (Å²) in [6.07, 6.45) is 7.94. The van der Waals surface area contributed by atoms with Gasteiger partial charge in [0.1, 0.15) is 0 Å². The van der Waals surface area contributed by atoms with Crippen molar-refractivity contribution in [2.24, 2.45) is 0 Å². The quantitative estimate of drug-likeness (QED) is 0.0940. The van der Waals surface area contributed by atoms with Gasteiger partial charge in [-0.2, -0.15) is 91.3 Å². The molecule has 18 aromatic rings. The summed E-state index contributed by atoms with van der Waals surface area (Å²) in [5.74, 6) is 0. The number of aromatic nitrogens is 7. The Morgan fingerprint density at radius 2 is 0.856 bits per heavy atom. The number of nitrogens with zero attached hydrogens (tertiary/aromatic N) is 13. The monoisotopic (exact) mass is 2300 g/mol. The van der Waals surface area contributed by atoms with Crippen LogP contribution in [0, 0.1) is 84.1 Å². The molecule has 21 heteroatoms. The minimum atomic E-state index is -3.46. The molecule has 1 atom stereocenters. The van der Waals surface area contributed by atoms with E-state index in [1.165, 1.54) is 44.3 Å². The second-order valence-electron chi connectivity index (χ2n) is 32.9. The molecule has 14 aromatic carbocycles. The van der Waals surface area contributed by atoms with Crippen LogP contribution in [0.5, 0.6) is 0 Å². The summed E-state index contributed by atoms with van der Waals surface area (Å²) in [6, 6.07) is 126. The van der Waals surface area contributed by atoms with E-state index in [-0.39, 0.29) is 68.7 Å². The van der Waals surface area contributed by atoms with Crippen LogP contribution in [0.4, 0.5) is 28.4 Å². The number of hydrogen-bond donors (Lipinski definition) is 0. The number of rotatable bonds is 10. The van der Waals surface area contributed by atoms with Crippen LogP contribution in [0.25, 0.3) is 111 Å². The third kappa shape index (κ3) is 19.4. The summed E-state index contributed by atoms with van der Waals surface area (Å²) in [5.41, 5.74) is 27.6. The first kappa shape index (κ1) is 93.7. The largest absolute Gasteiger partial charge is 4.00 e. The van der Waals surface area contributed by atoms with E-state index in [0.717, 1.165) is 134 Å². The van der Waals surface area contributed by atoms with Crippen LogP contribution in [-0.2, 0) is 83.1 Å². The van der Waals surface area contributed by atoms with Gasteiger partial charge in [-0.25, -0.2) is 25.5 Å². The van der Waals surface area contributed by atoms with Crippen molar-refractivity contribution in [3.8, 4) is 89.4 Å². The van der Waals surface area contributed by atoms with E-state index in [4.69, 9.17) is 0 Å². The molecule has 5 aliphatic rings. The second kappa shape index (κ2) is 40.4. The number of para-hydroxylation sites is 3. The second-order valence-corrected chi connectivity index (χ2v) is 37.5. The number of hydrogen-bond acceptors (Lipinski definition) is 12. The molecule has 132 heavy (non-hydrogen) atoms. The van der Waals surface area contributed by atoms with E-state index in [0.29, 0.717) is 9.79 Å². The van der Waals surface area contributed by atoms with Gasteiger partial charge in [0.2, 0.25) is 9.84 Å². The van der Waals surface area contributed by atoms with E-state index in [1.807, 2.05) is 282 Å². The van der Waals surface area contributed by atoms with Gasteiger partial charge >= 0.3 is 63.2 Å². The van der Waals surface area contributed by atoms with Gasteiger partial charge < -0.3 is 69.1 Å². The molecule has 0 N–H and O–H groups in total. The molecule has 658 valence electrons. The molecule has 0 saturated carbocycles. The summed E-state index contributed by atoms with van der Waals surface area (Å²) in [5, 5.41) is 29.3. The van der Waals surface area contributed by atoms with Crippen LogP contribution >= 0.6 is 7.14 Å². The number of fused-ring (bicyclic) bond motifs is 10. The Hall–Kier alpha value is -13.0. The topological polar surface area (TPSA) is 157 Å². The Bertz CT molecular complexity index is 7250. The van der Waals surface area contributed by atoms with Crippen LogP contribution in [0.2, 0.25) is 0 Å². The number of anilines is 5. The minimum absolute atomic E-state index is 0. The molecule has 16 nitrogen and oxygen atoms in total. The summed E-state index contributed by atoms with van der Waals surface area (Å²) in [4.78, 5) is 13.1. The zero-order valence-electron chi connectivity index (χ0n) is 74.0. The first-order chi connectivity index (χ1) is 62.6. The van der Waals surface area contributed by atoms with Gasteiger partial charge in [0.25, 0.3) is 0 Å². The smallest absolute Gasteiger partial charge is 0.619 e. The van der Waals surface area contributed by atoms with Crippen molar-refractivity contribution < 1.29 is 76.2 Å². The fourth-order valence-electron chi connectivity index (χ4n) is 16.6. The van der Waals surface area contributed by atoms with E-state index in [9.17, 15) is 13.0 Å². The van der Waals surface area contributed by atoms with Crippen molar-refractivity contribution >= 4 is 83.1 Å². The standard InChI is InChI=1S/C30H27N3.C28H21N2OP.C22H16N2O2S.C11H10N2.2C10H8N2.3Pt/c1-30(2,3)33-26-10-6-5-9-24(26)25-18-15-22(19-29(25)33)21-13-16-23(17-14-21)32-20-31(4)27-11-7-8-12-28(27)32;1-29-17-18-30(20-29)23-14-11-21(12-15-23)22-13-16-26-25-9-5-6-10-27(25)32(31,28(26)19-22)24-7-3-2-4-8-24;1-23-12-13-24(15-23)18-9-6-16(7-10-18)17-8-11-20-19-4-2-3-5-21(19)27(25,26)22(20)14-17;1-8-9(2)12-13-11(8)10-6-4-3-5-7-10;2*1-8-7-10(12-11-8)9-5-3-2-4-6-9;;;/h5-16,18-20H,1-4H3;2-14,16-20H,1H3;2-9,11-15H,1H3;3-6H,1-2H3;2*2-5,7H,1H3;;;/q6*-2;3*+4. The van der Waals surface area contributed by atoms with E-state index < -0.39 is 17.0 Å². The first-order valence-electron chi connectivity index (χ1n) is 42.5. The zero-order valence-corrected chi connectivity index (χ0v) is 82.5. The number of benzene rings is 14. The third-order valence-electron chi connectivity index (χ3n) is 23.1. The maximum Gasteiger partial charge on any atom is 4.00 e. The third-order valence-corrected chi connectivity index (χ3v) is 28.1. The van der Waals surface area contributed by atoms with Crippen molar-refractivity contribution in [1.29, 1.82) is 0 Å². The van der Waals surface area contributed by atoms with E-state index >= 15 is 0 Å². The van der Waals surface area contributed by atoms with Crippen LogP contribution in [0.15, 0.2) is 356 Å². The molecule has 0 fully saturated rings. The molecule has 0 bridgehead atoms. The van der Waals surface area contributed by atoms with Gasteiger partial charge in [0.15, 0.2) is 7.14 Å². The average molecular weight is 2300 g/mol. The Morgan fingerprint density at radius 3 is 1.39 bits per heavy atom. The summed E-state index contributed by atoms with van der Waals surface area (Å²) in [6.45, 7) is 20.8. The van der Waals surface area contributed by atoms with Gasteiger partial charge in [-0.05, 0) is 142 Å². The van der Waals surface area contributed by atoms with E-state index in [2.05, 4.69) is 237 Å². The first-order valence-corrected chi connectivity index (χ1v) is 45.6. The summed E-state index contributed by atoms with van der Waals surface area (Å²) < 4.78 is 42.9. The normalized spacial score (nSPS) is 14.2. The molecular formula is C111H90N13O3PPt3S. The molecule has 23 rings (SSSR count). The fraction of sp³-hybridized carbons (Fsp3) is 0.0991. The van der Waals surface area contributed by atoms with Crippen molar-refractivity contribution in [2.75, 3.05) is 40.7 Å². The van der Waals surface area contributed by atoms with Gasteiger partial charge in [-0.1, -0.05) is 180 Å². The SMILES string of the molecule is CN1C=CN(c2[c-]cc(-c3ccc4c(c3)P(=O)(c3ccccc3)c3ccccc3-4)cc2)[CH-]1.CN1C=CN(c2[c-]cc(-c3ccc4c(c3)S(=O)(=O)c3ccccc3-4)cc2)[CH-]1.CN1[CH-]N(c2[c-]cc(-c3ccc4c5ccccc5n(C(C)(C)C)c4c3)cc2)c2ccccc21.Cc1cc(-c2[c-]cccc2)[n-]n1.Cc1cc(-c2[c-]cccc2)[n-]n1.Cc1n[n-]c(-c2[c-]cccc2)c1C.[Pt+4].[Pt+4].[Pt+4]. The summed E-state index contributed by atoms with van der Waals surface area (Å²) >= 11 is 0. The van der Waals surface area contributed by atoms with Crippen molar-refractivity contribution in [3.63, 3.8) is 0 Å². The van der Waals surface area contributed by atoms with Gasteiger partial charge in [-0.3, -0.25) is 0 Å². The van der Waals surface area contributed by atoms with Crippen LogP contribution in [0.3, 0.4) is 0 Å². The van der Waals surface area contributed by atoms with Gasteiger partial charge in [0, 0.05) is 82.8 Å². The Labute approximate surface area is 816 Å². The van der Waals surface area contributed by atoms with Crippen LogP contribution < -0.4 is 50.8 Å². The van der Waals surface area contributed by atoms with E-state index in [1.54, 1.807) is 18.2 Å². The Kier molecular flexibility index (Phi) is 28.7. The maximum atomic E-state index is 14.7. The molecule has 9 heterocycles. The zero-order chi connectivity index (χ0) is 89.1. The van der Waals surface area contributed by atoms with Gasteiger partial charge in [-0.15, -0.1) is 143 Å². The molecule has 0 spiro atoms. The number of aryl methyl sites for hydroxylation is 3. The molecule has 1 unspecified atom stereocenters. The molecule has 4 aromatic heterocycles. The number of sulfone groups is 1. The minimum Gasteiger partial charge on any atom is -0.619 e. The average Bonchev–Trinajstić information content (AvgIpc) is 1.56. The molecule has 0 radical (unpaired) electrons. The molecular weight excluding hydrogens is 2210 g/mol. The van der Waals surface area contributed by atoms with Crippen LogP contribution in [-0.4, -0.2) is 59.2 Å². The van der Waals surface area contributed by atoms with Crippen molar-refractivity contribution in [3.05, 3.63) is 425 Å². The van der Waals surface area contributed by atoms with Crippen molar-refractivity contribution in [1.82, 2.24) is 45.0 Å². The van der Waals surface area contributed by atoms with Gasteiger partial charge in [0.05, 0.1) is 9.79 Å². The van der Waals surface area contributed by atoms with Crippen LogP contribution in [0.1, 0.15) is 43.4 Å². The molecule has 0 amide bonds. The molecule has 0 saturated heterocycles. The summed E-state index contributed by atoms with van der Waals surface area (Å²) in [7, 11) is -0.338. The molecule has 5 aliphatic heterocycles. The maximum absolute atomic E-state index is 14.7. The predicted molar refractivity (Wildman–Crippen MR) is 522 cm³/mol. The predicted octanol–water partition coefficient (Wildman–Crippen LogP) is 22.9. The fourth-order valence-corrected chi connectivity index (χ4v) is 21.4.